The molecule has 2 fully saturated rings. The van der Waals surface area contributed by atoms with Gasteiger partial charge in [0, 0.05) is 47.3 Å². The number of thioether (sulfide) groups is 1. The fourth-order valence-electron chi connectivity index (χ4n) is 4.50. The third kappa shape index (κ3) is 4.04. The van der Waals surface area contributed by atoms with Crippen molar-refractivity contribution >= 4 is 11.8 Å². The molecule has 9 heteroatoms. The van der Waals surface area contributed by atoms with E-state index in [9.17, 15) is 13.9 Å². The van der Waals surface area contributed by atoms with Gasteiger partial charge in [-0.3, -0.25) is 4.68 Å². The molecule has 2 N–H and O–H groups in total. The van der Waals surface area contributed by atoms with Crippen LogP contribution < -0.4 is 5.32 Å². The number of phenols is 1. The molecule has 4 heterocycles. The second-order valence-electron chi connectivity index (χ2n) is 8.25. The number of aromatic nitrogens is 4. The Morgan fingerprint density at radius 2 is 2.06 bits per heavy atom. The summed E-state index contributed by atoms with van der Waals surface area (Å²) in [6.07, 6.45) is 6.11. The van der Waals surface area contributed by atoms with Crippen molar-refractivity contribution in [3.05, 3.63) is 42.5 Å². The smallest absolute Gasteiger partial charge is 0.132 e. The first-order valence-electron chi connectivity index (χ1n) is 10.4. The lowest BCUT2D eigenvalue weighted by Gasteiger charge is -2.42. The van der Waals surface area contributed by atoms with Crippen LogP contribution in [0.1, 0.15) is 25.7 Å². The second kappa shape index (κ2) is 8.20. The van der Waals surface area contributed by atoms with E-state index >= 15 is 0 Å². The second-order valence-corrected chi connectivity index (χ2v) is 9.51. The Labute approximate surface area is 183 Å². The number of rotatable bonds is 4. The summed E-state index contributed by atoms with van der Waals surface area (Å²) in [5, 5.41) is 26.8. The van der Waals surface area contributed by atoms with Gasteiger partial charge in [0.25, 0.3) is 0 Å². The highest BCUT2D eigenvalue weighted by Gasteiger charge is 2.40. The molecule has 0 aliphatic carbocycles. The van der Waals surface area contributed by atoms with Gasteiger partial charge < -0.3 is 10.4 Å². The number of nitrogens with one attached hydrogen (secondary N) is 1. The van der Waals surface area contributed by atoms with Crippen LogP contribution in [0.2, 0.25) is 0 Å². The van der Waals surface area contributed by atoms with Crippen molar-refractivity contribution in [2.45, 2.75) is 54.2 Å². The number of aromatic hydroxyl groups is 1. The van der Waals surface area contributed by atoms with Crippen molar-refractivity contribution in [1.29, 1.82) is 0 Å². The topological polar surface area (TPSA) is 75.9 Å². The molecule has 2 aliphatic heterocycles. The van der Waals surface area contributed by atoms with E-state index in [4.69, 9.17) is 0 Å². The molecule has 3 aromatic rings. The molecule has 2 saturated heterocycles. The van der Waals surface area contributed by atoms with Crippen molar-refractivity contribution in [1.82, 2.24) is 25.3 Å². The first-order valence-corrected chi connectivity index (χ1v) is 11.3. The summed E-state index contributed by atoms with van der Waals surface area (Å²) in [6.45, 7) is 0. The maximum atomic E-state index is 14.8. The van der Waals surface area contributed by atoms with E-state index in [1.807, 2.05) is 0 Å². The minimum absolute atomic E-state index is 0.0736. The Morgan fingerprint density at radius 3 is 2.81 bits per heavy atom. The molecule has 2 aliphatic rings. The zero-order valence-electron chi connectivity index (χ0n) is 17.0. The fourth-order valence-corrected chi connectivity index (χ4v) is 5.70. The summed E-state index contributed by atoms with van der Waals surface area (Å²) >= 11 is 1.41. The Bertz CT molecular complexity index is 1090. The molecule has 2 aromatic heterocycles. The van der Waals surface area contributed by atoms with Gasteiger partial charge in [-0.15, -0.1) is 10.2 Å². The number of alkyl halides is 1. The molecule has 162 valence electrons. The van der Waals surface area contributed by atoms with Crippen molar-refractivity contribution < 1.29 is 13.9 Å². The average Bonchev–Trinajstić information content (AvgIpc) is 3.20. The number of hydrogen-bond acceptors (Lipinski definition) is 6. The highest BCUT2D eigenvalue weighted by atomic mass is 32.2. The van der Waals surface area contributed by atoms with Crippen LogP contribution in [0.25, 0.3) is 22.4 Å². The number of aryl methyl sites for hydroxylation is 1. The van der Waals surface area contributed by atoms with Crippen LogP contribution in [-0.4, -0.2) is 48.6 Å². The van der Waals surface area contributed by atoms with E-state index in [1.165, 1.54) is 30.1 Å². The zero-order chi connectivity index (χ0) is 21.5. The molecular formula is C22H23F2N5OS. The molecular weight excluding hydrogens is 420 g/mol. The van der Waals surface area contributed by atoms with Gasteiger partial charge in [0.2, 0.25) is 0 Å². The third-order valence-electron chi connectivity index (χ3n) is 6.06. The summed E-state index contributed by atoms with van der Waals surface area (Å²) in [7, 11) is 1.74. The van der Waals surface area contributed by atoms with E-state index in [1.54, 1.807) is 30.1 Å². The van der Waals surface area contributed by atoms with E-state index < -0.39 is 12.0 Å². The molecule has 1 aromatic carbocycles. The summed E-state index contributed by atoms with van der Waals surface area (Å²) in [6, 6.07) is 6.35. The normalized spacial score (nSPS) is 25.5. The van der Waals surface area contributed by atoms with Gasteiger partial charge in [-0.2, -0.15) is 5.10 Å². The van der Waals surface area contributed by atoms with E-state index in [0.29, 0.717) is 22.3 Å². The molecule has 6 nitrogen and oxygen atoms in total. The van der Waals surface area contributed by atoms with Gasteiger partial charge in [-0.05, 0) is 43.5 Å². The zero-order valence-corrected chi connectivity index (χ0v) is 17.8. The molecule has 2 bridgehead atoms. The van der Waals surface area contributed by atoms with Crippen molar-refractivity contribution in [3.63, 3.8) is 0 Å². The van der Waals surface area contributed by atoms with Gasteiger partial charge in [0.1, 0.15) is 22.8 Å². The van der Waals surface area contributed by atoms with Crippen molar-refractivity contribution in [2.75, 3.05) is 0 Å². The fraction of sp³-hybridized carbons (Fsp3) is 0.409. The minimum atomic E-state index is -0.916. The summed E-state index contributed by atoms with van der Waals surface area (Å²) in [4.78, 5) is 0. The molecule has 0 amide bonds. The molecule has 5 rings (SSSR count). The van der Waals surface area contributed by atoms with Gasteiger partial charge in [-0.25, -0.2) is 8.78 Å². The maximum absolute atomic E-state index is 14.8. The standard InChI is InChI=1S/C22H23F2N5OS/c1-29-11-12(10-25-29)14-9-19(30)15(8-16(14)23)17-5-6-21(28-27-17)31-20-7-13-3-2-4-18(26-13)22(20)24/h5-6,8-11,13,18,20,22,26,30H,2-4,7H2,1H3/t13?,18?,20-,22+/m0/s1. The monoisotopic (exact) mass is 443 g/mol. The highest BCUT2D eigenvalue weighted by molar-refractivity contribution is 7.99. The lowest BCUT2D eigenvalue weighted by atomic mass is 9.85. The lowest BCUT2D eigenvalue weighted by Crippen LogP contribution is -2.56. The summed E-state index contributed by atoms with van der Waals surface area (Å²) in [5.41, 5.74) is 1.46. The molecule has 2 unspecified atom stereocenters. The predicted octanol–water partition coefficient (Wildman–Crippen LogP) is 4.10. The highest BCUT2D eigenvalue weighted by Crippen LogP contribution is 2.38. The number of nitrogens with zero attached hydrogens (tertiary/aromatic N) is 4. The van der Waals surface area contributed by atoms with Gasteiger partial charge in [-0.1, -0.05) is 18.2 Å². The average molecular weight is 444 g/mol. The number of phenolic OH excluding ortho intramolecular Hbond substituents is 1. The summed E-state index contributed by atoms with van der Waals surface area (Å²) < 4.78 is 31.1. The van der Waals surface area contributed by atoms with Crippen LogP contribution in [0, 0.1) is 5.82 Å². The number of benzene rings is 1. The SMILES string of the molecule is Cn1cc(-c2cc(O)c(-c3ccc(S[C@H]4CC5CCCC(N5)[C@H]4F)nn3)cc2F)cn1. The number of hydrogen-bond donors (Lipinski definition) is 2. The van der Waals surface area contributed by atoms with E-state index in [2.05, 4.69) is 20.6 Å². The van der Waals surface area contributed by atoms with E-state index in [-0.39, 0.29) is 28.2 Å². The molecule has 0 radical (unpaired) electrons. The van der Waals surface area contributed by atoms with Crippen LogP contribution >= 0.6 is 11.8 Å². The lowest BCUT2D eigenvalue weighted by molar-refractivity contribution is 0.137. The first kappa shape index (κ1) is 20.4. The van der Waals surface area contributed by atoms with Crippen LogP contribution in [0.4, 0.5) is 8.78 Å². The van der Waals surface area contributed by atoms with Crippen LogP contribution in [0.15, 0.2) is 41.7 Å². The Hall–Kier alpha value is -2.52. The number of halogens is 2. The Kier molecular flexibility index (Phi) is 5.39. The quantitative estimate of drug-likeness (QED) is 0.632. The van der Waals surface area contributed by atoms with E-state index in [0.717, 1.165) is 25.7 Å². The number of fused-ring (bicyclic) bond motifs is 2. The Balaban J connectivity index is 1.35. The van der Waals surface area contributed by atoms with Crippen molar-refractivity contribution in [2.24, 2.45) is 7.05 Å². The van der Waals surface area contributed by atoms with Crippen LogP contribution in [0.5, 0.6) is 5.75 Å². The maximum Gasteiger partial charge on any atom is 0.132 e. The van der Waals surface area contributed by atoms with Crippen LogP contribution in [0.3, 0.4) is 0 Å². The molecule has 0 spiro atoms. The number of piperidine rings is 2. The molecule has 31 heavy (non-hydrogen) atoms. The Morgan fingerprint density at radius 1 is 1.19 bits per heavy atom. The first-order chi connectivity index (χ1) is 15.0. The summed E-state index contributed by atoms with van der Waals surface area (Å²) in [5.74, 6) is -0.576. The minimum Gasteiger partial charge on any atom is -0.507 e. The predicted molar refractivity (Wildman–Crippen MR) is 115 cm³/mol. The molecule has 4 atom stereocenters. The van der Waals surface area contributed by atoms with Gasteiger partial charge in [0.05, 0.1) is 11.9 Å². The molecule has 0 saturated carbocycles. The van der Waals surface area contributed by atoms with Gasteiger partial charge in [0.15, 0.2) is 0 Å². The third-order valence-corrected chi connectivity index (χ3v) is 7.28. The largest absolute Gasteiger partial charge is 0.507 e. The van der Waals surface area contributed by atoms with Crippen molar-refractivity contribution in [3.8, 4) is 28.1 Å². The van der Waals surface area contributed by atoms with Gasteiger partial charge >= 0.3 is 0 Å². The van der Waals surface area contributed by atoms with Crippen LogP contribution in [-0.2, 0) is 7.05 Å².